The monoisotopic (exact) mass is 245 g/mol. The molecule has 0 unspecified atom stereocenters. The minimum absolute atomic E-state index is 0.124. The smallest absolute Gasteiger partial charge is 0.166 e. The molecule has 0 aliphatic rings. The quantitative estimate of drug-likeness (QED) is 0.373. The standard InChI is InChI=1S/C13H15N3O2/c1-18-11-6-4-5-10(9-11)12(13(14)15-17)16-7-2-3-8-16/h2-9,12,17H,1H3,(H2,14,15)/t12-/m0/s1. The zero-order chi connectivity index (χ0) is 13.0. The molecule has 0 spiro atoms. The highest BCUT2D eigenvalue weighted by molar-refractivity contribution is 5.87. The Balaban J connectivity index is 2.46. The molecule has 2 aromatic rings. The molecule has 5 nitrogen and oxygen atoms in total. The Morgan fingerprint density at radius 1 is 1.33 bits per heavy atom. The van der Waals surface area contributed by atoms with Crippen molar-refractivity contribution in [1.82, 2.24) is 4.57 Å². The van der Waals surface area contributed by atoms with Gasteiger partial charge in [0.1, 0.15) is 11.8 Å². The summed E-state index contributed by atoms with van der Waals surface area (Å²) in [5.41, 5.74) is 6.66. The second kappa shape index (κ2) is 5.27. The van der Waals surface area contributed by atoms with E-state index in [1.54, 1.807) is 7.11 Å². The zero-order valence-corrected chi connectivity index (χ0v) is 10.0. The number of oxime groups is 1. The highest BCUT2D eigenvalue weighted by Crippen LogP contribution is 2.23. The molecule has 1 aromatic carbocycles. The molecule has 2 rings (SSSR count). The number of ether oxygens (including phenoxy) is 1. The van der Waals surface area contributed by atoms with Crippen molar-refractivity contribution in [3.63, 3.8) is 0 Å². The summed E-state index contributed by atoms with van der Waals surface area (Å²) in [5, 5.41) is 12.0. The molecule has 0 amide bonds. The van der Waals surface area contributed by atoms with Crippen LogP contribution in [0.25, 0.3) is 0 Å². The fourth-order valence-electron chi connectivity index (χ4n) is 1.88. The minimum atomic E-state index is -0.347. The second-order valence-electron chi connectivity index (χ2n) is 3.83. The van der Waals surface area contributed by atoms with Gasteiger partial charge in [-0.05, 0) is 29.8 Å². The molecule has 5 heteroatoms. The van der Waals surface area contributed by atoms with E-state index >= 15 is 0 Å². The van der Waals surface area contributed by atoms with Crippen molar-refractivity contribution in [2.75, 3.05) is 7.11 Å². The molecule has 0 aliphatic carbocycles. The number of methoxy groups -OCH3 is 1. The molecular weight excluding hydrogens is 230 g/mol. The number of benzene rings is 1. The molecule has 18 heavy (non-hydrogen) atoms. The first kappa shape index (κ1) is 12.0. The summed E-state index contributed by atoms with van der Waals surface area (Å²) in [4.78, 5) is 0. The normalized spacial score (nSPS) is 13.3. The summed E-state index contributed by atoms with van der Waals surface area (Å²) in [6.07, 6.45) is 3.73. The lowest BCUT2D eigenvalue weighted by Gasteiger charge is -2.18. The van der Waals surface area contributed by atoms with E-state index in [4.69, 9.17) is 15.7 Å². The van der Waals surface area contributed by atoms with Crippen molar-refractivity contribution >= 4 is 5.84 Å². The van der Waals surface area contributed by atoms with Crippen molar-refractivity contribution in [2.24, 2.45) is 10.9 Å². The fraction of sp³-hybridized carbons (Fsp3) is 0.154. The molecule has 94 valence electrons. The topological polar surface area (TPSA) is 72.8 Å². The zero-order valence-electron chi connectivity index (χ0n) is 10.0. The van der Waals surface area contributed by atoms with Gasteiger partial charge in [0.05, 0.1) is 7.11 Å². The van der Waals surface area contributed by atoms with Crippen molar-refractivity contribution in [1.29, 1.82) is 0 Å². The van der Waals surface area contributed by atoms with E-state index in [-0.39, 0.29) is 11.9 Å². The predicted molar refractivity (Wildman–Crippen MR) is 69.0 cm³/mol. The van der Waals surface area contributed by atoms with Gasteiger partial charge in [-0.25, -0.2) is 0 Å². The molecule has 0 bridgehead atoms. The van der Waals surface area contributed by atoms with Crippen molar-refractivity contribution < 1.29 is 9.94 Å². The number of rotatable bonds is 4. The predicted octanol–water partition coefficient (Wildman–Crippen LogP) is 1.83. The van der Waals surface area contributed by atoms with Crippen LogP contribution in [-0.4, -0.2) is 22.7 Å². The third kappa shape index (κ3) is 2.29. The van der Waals surface area contributed by atoms with Crippen LogP contribution in [0.4, 0.5) is 0 Å². The van der Waals surface area contributed by atoms with Crippen LogP contribution in [0.3, 0.4) is 0 Å². The first-order valence-corrected chi connectivity index (χ1v) is 5.50. The highest BCUT2D eigenvalue weighted by atomic mass is 16.5. The maximum atomic E-state index is 8.91. The SMILES string of the molecule is COc1cccc([C@@H](C(N)=NO)n2cccc2)c1. The largest absolute Gasteiger partial charge is 0.497 e. The van der Waals surface area contributed by atoms with E-state index in [1.165, 1.54) is 0 Å². The first-order valence-electron chi connectivity index (χ1n) is 5.50. The van der Waals surface area contributed by atoms with Crippen LogP contribution in [0.5, 0.6) is 5.75 Å². The van der Waals surface area contributed by atoms with Gasteiger partial charge < -0.3 is 20.2 Å². The molecule has 1 atom stereocenters. The molecule has 0 fully saturated rings. The average molecular weight is 245 g/mol. The lowest BCUT2D eigenvalue weighted by Crippen LogP contribution is -2.27. The van der Waals surface area contributed by atoms with Gasteiger partial charge in [0.2, 0.25) is 0 Å². The van der Waals surface area contributed by atoms with Gasteiger partial charge in [-0.1, -0.05) is 17.3 Å². The minimum Gasteiger partial charge on any atom is -0.497 e. The van der Waals surface area contributed by atoms with Crippen LogP contribution in [0.1, 0.15) is 11.6 Å². The summed E-state index contributed by atoms with van der Waals surface area (Å²) < 4.78 is 7.05. The van der Waals surface area contributed by atoms with Crippen molar-refractivity contribution in [3.8, 4) is 5.75 Å². The lowest BCUT2D eigenvalue weighted by molar-refractivity contribution is 0.315. The second-order valence-corrected chi connectivity index (χ2v) is 3.83. The van der Waals surface area contributed by atoms with Crippen LogP contribution >= 0.6 is 0 Å². The average Bonchev–Trinajstić information content (AvgIpc) is 2.93. The number of nitrogens with zero attached hydrogens (tertiary/aromatic N) is 2. The van der Waals surface area contributed by atoms with Gasteiger partial charge in [0.15, 0.2) is 5.84 Å². The van der Waals surface area contributed by atoms with E-state index in [0.717, 1.165) is 11.3 Å². The Morgan fingerprint density at radius 3 is 2.67 bits per heavy atom. The Bertz CT molecular complexity index is 535. The van der Waals surface area contributed by atoms with E-state index in [1.807, 2.05) is 53.4 Å². The number of hydrogen-bond donors (Lipinski definition) is 2. The molecule has 0 aliphatic heterocycles. The highest BCUT2D eigenvalue weighted by Gasteiger charge is 2.18. The molecule has 0 radical (unpaired) electrons. The van der Waals surface area contributed by atoms with E-state index in [9.17, 15) is 0 Å². The molecular formula is C13H15N3O2. The number of aromatic nitrogens is 1. The Morgan fingerprint density at radius 2 is 2.06 bits per heavy atom. The number of amidine groups is 1. The maximum Gasteiger partial charge on any atom is 0.166 e. The van der Waals surface area contributed by atoms with Gasteiger partial charge in [-0.3, -0.25) is 0 Å². The Kier molecular flexibility index (Phi) is 3.52. The van der Waals surface area contributed by atoms with Gasteiger partial charge in [-0.15, -0.1) is 0 Å². The van der Waals surface area contributed by atoms with Crippen molar-refractivity contribution in [2.45, 2.75) is 6.04 Å². The van der Waals surface area contributed by atoms with Crippen LogP contribution in [-0.2, 0) is 0 Å². The summed E-state index contributed by atoms with van der Waals surface area (Å²) >= 11 is 0. The van der Waals surface area contributed by atoms with Crippen LogP contribution in [0.2, 0.25) is 0 Å². The van der Waals surface area contributed by atoms with E-state index in [2.05, 4.69) is 5.16 Å². The fourth-order valence-corrected chi connectivity index (χ4v) is 1.88. The first-order chi connectivity index (χ1) is 8.76. The van der Waals surface area contributed by atoms with Crippen LogP contribution < -0.4 is 10.5 Å². The van der Waals surface area contributed by atoms with Crippen molar-refractivity contribution in [3.05, 3.63) is 54.4 Å². The van der Waals surface area contributed by atoms with Gasteiger partial charge in [0, 0.05) is 12.4 Å². The van der Waals surface area contributed by atoms with Gasteiger partial charge >= 0.3 is 0 Å². The molecule has 3 N–H and O–H groups in total. The summed E-state index contributed by atoms with van der Waals surface area (Å²) in [5.74, 6) is 0.856. The summed E-state index contributed by atoms with van der Waals surface area (Å²) in [6.45, 7) is 0. The third-order valence-electron chi connectivity index (χ3n) is 2.73. The van der Waals surface area contributed by atoms with E-state index < -0.39 is 0 Å². The van der Waals surface area contributed by atoms with Crippen LogP contribution in [0, 0.1) is 0 Å². The maximum absolute atomic E-state index is 8.91. The van der Waals surface area contributed by atoms with E-state index in [0.29, 0.717) is 0 Å². The number of hydrogen-bond acceptors (Lipinski definition) is 3. The Labute approximate surface area is 105 Å². The van der Waals surface area contributed by atoms with Crippen LogP contribution in [0.15, 0.2) is 53.9 Å². The molecule has 1 heterocycles. The summed E-state index contributed by atoms with van der Waals surface area (Å²) in [6, 6.07) is 10.9. The van der Waals surface area contributed by atoms with Gasteiger partial charge in [0.25, 0.3) is 0 Å². The number of nitrogens with two attached hydrogens (primary N) is 1. The Hall–Kier alpha value is -2.43. The third-order valence-corrected chi connectivity index (χ3v) is 2.73. The lowest BCUT2D eigenvalue weighted by atomic mass is 10.1. The molecule has 1 aromatic heterocycles. The molecule has 0 saturated heterocycles. The van der Waals surface area contributed by atoms with Gasteiger partial charge in [-0.2, -0.15) is 0 Å². The summed E-state index contributed by atoms with van der Waals surface area (Å²) in [7, 11) is 1.60. The molecule has 0 saturated carbocycles.